The lowest BCUT2D eigenvalue weighted by Crippen LogP contribution is -2.62. The molecule has 30 heavy (non-hydrogen) atoms. The number of rotatable bonds is 5. The summed E-state index contributed by atoms with van der Waals surface area (Å²) in [6.45, 7) is 6.22. The van der Waals surface area contributed by atoms with Crippen molar-refractivity contribution in [2.75, 3.05) is 49.0 Å². The van der Waals surface area contributed by atoms with Crippen LogP contribution in [0.3, 0.4) is 0 Å². The molecule has 4 rings (SSSR count). The Bertz CT molecular complexity index is 1100. The number of nitrogen functional groups attached to an aromatic ring is 1. The predicted octanol–water partition coefficient (Wildman–Crippen LogP) is 0.860. The molecule has 0 radical (unpaired) electrons. The number of anilines is 2. The van der Waals surface area contributed by atoms with Crippen LogP contribution >= 0.6 is 11.3 Å². The van der Waals surface area contributed by atoms with Crippen molar-refractivity contribution in [2.24, 2.45) is 0 Å². The molecule has 0 bridgehead atoms. The molecule has 0 aliphatic carbocycles. The van der Waals surface area contributed by atoms with E-state index < -0.39 is 11.9 Å². The van der Waals surface area contributed by atoms with Crippen molar-refractivity contribution in [3.05, 3.63) is 28.4 Å². The van der Waals surface area contributed by atoms with Crippen LogP contribution in [0.1, 0.15) is 32.6 Å². The Balaban J connectivity index is 1.61. The maximum absolute atomic E-state index is 12.8. The van der Waals surface area contributed by atoms with Gasteiger partial charge in [-0.25, -0.2) is 9.78 Å². The minimum absolute atomic E-state index is 0.165. The van der Waals surface area contributed by atoms with Crippen molar-refractivity contribution in [1.82, 2.24) is 10.3 Å². The molecule has 0 unspecified atom stereocenters. The van der Waals surface area contributed by atoms with E-state index in [0.717, 1.165) is 11.3 Å². The molecule has 4 heterocycles. The van der Waals surface area contributed by atoms with E-state index >= 15 is 0 Å². The highest BCUT2D eigenvalue weighted by molar-refractivity contribution is 7.21. The second-order valence-electron chi connectivity index (χ2n) is 6.56. The molecule has 0 saturated carbocycles. The molecule has 0 atom stereocenters. The second kappa shape index (κ2) is 8.24. The third-order valence-corrected chi connectivity index (χ3v) is 5.60. The molecule has 158 valence electrons. The molecule has 1 saturated heterocycles. The van der Waals surface area contributed by atoms with Gasteiger partial charge in [0.25, 0.3) is 12.1 Å². The smallest absolute Gasteiger partial charge is 0.338 e. The van der Waals surface area contributed by atoms with Crippen LogP contribution in [0, 0.1) is 6.92 Å². The monoisotopic (exact) mass is 433 g/mol. The van der Waals surface area contributed by atoms with Crippen LogP contribution in [-0.2, 0) is 9.47 Å². The normalized spacial score (nSPS) is 14.1. The molecule has 1 aliphatic heterocycles. The first kappa shape index (κ1) is 20.0. The van der Waals surface area contributed by atoms with Crippen molar-refractivity contribution in [1.29, 1.82) is 0 Å². The van der Waals surface area contributed by atoms with Gasteiger partial charge in [0.1, 0.15) is 9.71 Å². The summed E-state index contributed by atoms with van der Waals surface area (Å²) in [5.41, 5.74) is 7.31. The third kappa shape index (κ3) is 3.78. The van der Waals surface area contributed by atoms with Gasteiger partial charge in [0, 0.05) is 11.1 Å². The number of carbonyl (C=O) groups is 2. The summed E-state index contributed by atoms with van der Waals surface area (Å²) in [6, 6.07) is 1.60. The third-order valence-electron chi connectivity index (χ3n) is 4.50. The lowest BCUT2D eigenvalue weighted by molar-refractivity contribution is -0.759. The summed E-state index contributed by atoms with van der Waals surface area (Å²) in [5.74, 6) is -0.822. The number of thiophene rings is 1. The summed E-state index contributed by atoms with van der Waals surface area (Å²) < 4.78 is 15.6. The lowest BCUT2D eigenvalue weighted by atomic mass is 10.1. The van der Waals surface area contributed by atoms with Crippen LogP contribution in [-0.4, -0.2) is 55.0 Å². The molecule has 3 aromatic heterocycles. The molecule has 11 nitrogen and oxygen atoms in total. The van der Waals surface area contributed by atoms with Gasteiger partial charge >= 0.3 is 11.9 Å². The van der Waals surface area contributed by atoms with Crippen molar-refractivity contribution >= 4 is 45.0 Å². The molecule has 3 aromatic rings. The molecule has 1 fully saturated rings. The number of morpholine rings is 1. The van der Waals surface area contributed by atoms with Gasteiger partial charge in [0.15, 0.2) is 0 Å². The van der Waals surface area contributed by atoms with Crippen LogP contribution in [0.15, 0.2) is 16.8 Å². The number of fused-ring (bicyclic) bond motifs is 1. The van der Waals surface area contributed by atoms with Gasteiger partial charge in [0.05, 0.1) is 49.0 Å². The van der Waals surface area contributed by atoms with E-state index in [-0.39, 0.29) is 28.6 Å². The predicted molar refractivity (Wildman–Crippen MR) is 108 cm³/mol. The highest BCUT2D eigenvalue weighted by Gasteiger charge is 2.27. The number of nitrogens with one attached hydrogen (secondary N) is 1. The highest BCUT2D eigenvalue weighted by atomic mass is 32.1. The number of carbonyl (C=O) groups excluding carboxylic acids is 2. The number of amides is 1. The average molecular weight is 433 g/mol. The first-order valence-electron chi connectivity index (χ1n) is 9.37. The molecule has 12 heteroatoms. The van der Waals surface area contributed by atoms with Gasteiger partial charge < -0.3 is 15.2 Å². The van der Waals surface area contributed by atoms with Gasteiger partial charge in [0.2, 0.25) is 5.27 Å². The first-order chi connectivity index (χ1) is 14.5. The fourth-order valence-corrected chi connectivity index (χ4v) is 4.20. The average Bonchev–Trinajstić information content (AvgIpc) is 3.33. The van der Waals surface area contributed by atoms with Crippen molar-refractivity contribution in [3.63, 3.8) is 0 Å². The Morgan fingerprint density at radius 3 is 2.90 bits per heavy atom. The van der Waals surface area contributed by atoms with Gasteiger partial charge in [-0.3, -0.25) is 14.6 Å². The maximum Gasteiger partial charge on any atom is 0.338 e. The first-order valence-corrected chi connectivity index (χ1v) is 10.2. The van der Waals surface area contributed by atoms with Crippen LogP contribution in [0.2, 0.25) is 0 Å². The van der Waals surface area contributed by atoms with E-state index in [9.17, 15) is 9.59 Å². The minimum Gasteiger partial charge on any atom is -0.462 e. The molecule has 1 aliphatic rings. The van der Waals surface area contributed by atoms with Crippen molar-refractivity contribution < 1.29 is 28.4 Å². The minimum atomic E-state index is -0.508. The number of hydrogen-bond donors (Lipinski definition) is 2. The van der Waals surface area contributed by atoms with Gasteiger partial charge in [-0.05, 0) is 19.9 Å². The summed E-state index contributed by atoms with van der Waals surface area (Å²) in [5, 5.41) is 8.90. The second-order valence-corrected chi connectivity index (χ2v) is 7.56. The van der Waals surface area contributed by atoms with Crippen LogP contribution < -0.4 is 20.9 Å². The standard InChI is InChI=1S/C18H20N6O5S/c1-3-28-18(26)11-8-10(2)20-17-13(11)14(19)15(30-17)16(25)21-12-9-24(22-29-12)23-4-6-27-7-5-23/h8-9H,3-7H2,1-2H3,(H2-,19,21,22,25)/p+1. The molecule has 0 spiro atoms. The quantitative estimate of drug-likeness (QED) is 0.443. The van der Waals surface area contributed by atoms with Gasteiger partial charge in [-0.2, -0.15) is 0 Å². The zero-order valence-corrected chi connectivity index (χ0v) is 17.3. The zero-order chi connectivity index (χ0) is 21.3. The van der Waals surface area contributed by atoms with Crippen molar-refractivity contribution in [2.45, 2.75) is 13.8 Å². The fraction of sp³-hybridized carbons (Fsp3) is 0.389. The topological polar surface area (TPSA) is 137 Å². The van der Waals surface area contributed by atoms with Crippen molar-refractivity contribution in [3.8, 4) is 0 Å². The molecule has 3 N–H and O–H groups in total. The maximum atomic E-state index is 12.8. The summed E-state index contributed by atoms with van der Waals surface area (Å²) >= 11 is 1.10. The lowest BCUT2D eigenvalue weighted by Gasteiger charge is -2.18. The van der Waals surface area contributed by atoms with E-state index in [0.29, 0.717) is 42.2 Å². The Kier molecular flexibility index (Phi) is 5.50. The zero-order valence-electron chi connectivity index (χ0n) is 16.5. The van der Waals surface area contributed by atoms with E-state index in [4.69, 9.17) is 19.7 Å². The van der Waals surface area contributed by atoms with Gasteiger partial charge in [-0.1, -0.05) is 0 Å². The van der Waals surface area contributed by atoms with Gasteiger partial charge in [-0.15, -0.1) is 16.3 Å². The Morgan fingerprint density at radius 2 is 2.17 bits per heavy atom. The molecular weight excluding hydrogens is 412 g/mol. The highest BCUT2D eigenvalue weighted by Crippen LogP contribution is 2.36. The number of esters is 1. The molecular formula is C18H21N6O5S+. The summed E-state index contributed by atoms with van der Waals surface area (Å²) in [4.78, 5) is 31.8. The van der Waals surface area contributed by atoms with E-state index in [1.54, 1.807) is 26.1 Å². The summed E-state index contributed by atoms with van der Waals surface area (Å²) in [6.07, 6.45) is 1.57. The van der Waals surface area contributed by atoms with Crippen LogP contribution in [0.5, 0.6) is 0 Å². The van der Waals surface area contributed by atoms with E-state index in [2.05, 4.69) is 15.6 Å². The largest absolute Gasteiger partial charge is 0.462 e. The summed E-state index contributed by atoms with van der Waals surface area (Å²) in [7, 11) is 0. The molecule has 1 amide bonds. The molecule has 0 aromatic carbocycles. The number of hydrogen-bond acceptors (Lipinski definition) is 10. The van der Waals surface area contributed by atoms with E-state index in [1.165, 1.54) is 4.79 Å². The fourth-order valence-electron chi connectivity index (χ4n) is 3.14. The Labute approximate surface area is 175 Å². The number of pyridine rings is 1. The number of aromatic nitrogens is 3. The van der Waals surface area contributed by atoms with E-state index in [1.807, 2.05) is 5.01 Å². The Hall–Kier alpha value is -3.25. The number of nitrogens with zero attached hydrogens (tertiary/aromatic N) is 4. The van der Waals surface area contributed by atoms with Crippen LogP contribution in [0.25, 0.3) is 10.2 Å². The Morgan fingerprint density at radius 1 is 1.40 bits per heavy atom. The number of aryl methyl sites for hydroxylation is 1. The number of ether oxygens (including phenoxy) is 2. The SMILES string of the molecule is CCOC(=O)c1cc(C)nc2sc(C(=O)Nc3c[n+](N4CCOCC4)no3)c(N)c12. The van der Waals surface area contributed by atoms with Crippen LogP contribution in [0.4, 0.5) is 11.6 Å². The number of nitrogens with two attached hydrogens (primary N) is 1.